The van der Waals surface area contributed by atoms with Crippen molar-refractivity contribution in [1.82, 2.24) is 0 Å². The van der Waals surface area contributed by atoms with Gasteiger partial charge in [-0.3, -0.25) is 0 Å². The summed E-state index contributed by atoms with van der Waals surface area (Å²) in [4.78, 5) is 0. The average molecular weight is 783 g/mol. The largest absolute Gasteiger partial charge is 0.0622 e. The van der Waals surface area contributed by atoms with Gasteiger partial charge < -0.3 is 0 Å². The quantitative estimate of drug-likeness (QED) is 0.123. The van der Waals surface area contributed by atoms with E-state index in [1.165, 1.54) is 131 Å². The van der Waals surface area contributed by atoms with Gasteiger partial charge in [0.2, 0.25) is 0 Å². The van der Waals surface area contributed by atoms with E-state index < -0.39 is 0 Å². The molecule has 0 radical (unpaired) electrons. The zero-order chi connectivity index (χ0) is 40.7. The molecule has 13 aromatic carbocycles. The van der Waals surface area contributed by atoms with Crippen molar-refractivity contribution in [2.24, 2.45) is 0 Å². The molecule has 62 heavy (non-hydrogen) atoms. The Morgan fingerprint density at radius 1 is 0.177 bits per heavy atom. The Labute approximate surface area is 359 Å². The summed E-state index contributed by atoms with van der Waals surface area (Å²) in [5.74, 6) is 0. The van der Waals surface area contributed by atoms with E-state index in [9.17, 15) is 0 Å². The smallest absolute Gasteiger partial charge is 0.00199 e. The third-order valence-electron chi connectivity index (χ3n) is 13.4. The van der Waals surface area contributed by atoms with Gasteiger partial charge in [-0.2, -0.15) is 0 Å². The zero-order valence-electron chi connectivity index (χ0n) is 33.9. The molecule has 0 bridgehead atoms. The summed E-state index contributed by atoms with van der Waals surface area (Å²) >= 11 is 0. The van der Waals surface area contributed by atoms with Crippen LogP contribution in [0.25, 0.3) is 131 Å². The molecule has 0 saturated carbocycles. The maximum absolute atomic E-state index is 2.50. The zero-order valence-corrected chi connectivity index (χ0v) is 33.9. The van der Waals surface area contributed by atoms with Gasteiger partial charge in [0.05, 0.1) is 0 Å². The van der Waals surface area contributed by atoms with Gasteiger partial charge in [-0.1, -0.05) is 212 Å². The van der Waals surface area contributed by atoms with E-state index in [0.29, 0.717) is 0 Å². The van der Waals surface area contributed by atoms with Crippen LogP contribution in [-0.4, -0.2) is 0 Å². The van der Waals surface area contributed by atoms with Crippen LogP contribution in [-0.2, 0) is 0 Å². The highest BCUT2D eigenvalue weighted by Crippen LogP contribution is 2.50. The van der Waals surface area contributed by atoms with Crippen molar-refractivity contribution in [3.8, 4) is 44.5 Å². The van der Waals surface area contributed by atoms with Crippen LogP contribution in [0.15, 0.2) is 231 Å². The molecular formula is C62H38. The molecule has 13 rings (SSSR count). The van der Waals surface area contributed by atoms with Gasteiger partial charge in [0, 0.05) is 0 Å². The minimum atomic E-state index is 1.23. The molecule has 0 aliphatic carbocycles. The van der Waals surface area contributed by atoms with Crippen molar-refractivity contribution in [3.63, 3.8) is 0 Å². The molecule has 0 atom stereocenters. The molecule has 0 spiro atoms. The summed E-state index contributed by atoms with van der Waals surface area (Å²) in [5.41, 5.74) is 10.1. The lowest BCUT2D eigenvalue weighted by Crippen LogP contribution is -1.94. The van der Waals surface area contributed by atoms with Gasteiger partial charge in [-0.15, -0.1) is 0 Å². The second-order valence-corrected chi connectivity index (χ2v) is 16.6. The Bertz CT molecular complexity index is 3850. The van der Waals surface area contributed by atoms with Crippen molar-refractivity contribution in [2.75, 3.05) is 0 Å². The van der Waals surface area contributed by atoms with E-state index in [2.05, 4.69) is 231 Å². The number of fused-ring (bicyclic) bond motifs is 10. The minimum Gasteiger partial charge on any atom is -0.0622 e. The molecule has 286 valence electrons. The maximum atomic E-state index is 2.50. The van der Waals surface area contributed by atoms with E-state index in [0.717, 1.165) is 0 Å². The number of hydrogen-bond donors (Lipinski definition) is 0. The first-order valence-electron chi connectivity index (χ1n) is 21.6. The Morgan fingerprint density at radius 3 is 0.968 bits per heavy atom. The fourth-order valence-corrected chi connectivity index (χ4v) is 10.8. The molecule has 0 unspecified atom stereocenters. The summed E-state index contributed by atoms with van der Waals surface area (Å²) in [6, 6.07) is 85.7. The molecule has 0 N–H and O–H groups in total. The summed E-state index contributed by atoms with van der Waals surface area (Å²) in [6.07, 6.45) is 0. The Hall–Kier alpha value is -8.06. The molecule has 0 fully saturated rings. The highest BCUT2D eigenvalue weighted by atomic mass is 14.3. The number of benzene rings is 13. The molecule has 0 aliphatic rings. The molecule has 0 nitrogen and oxygen atoms in total. The first-order valence-corrected chi connectivity index (χ1v) is 21.6. The molecule has 0 amide bonds. The average Bonchev–Trinajstić information content (AvgIpc) is 3.34. The maximum Gasteiger partial charge on any atom is -0.00199 e. The van der Waals surface area contributed by atoms with Crippen LogP contribution in [0.4, 0.5) is 0 Å². The van der Waals surface area contributed by atoms with E-state index in [1.807, 2.05) is 0 Å². The Kier molecular flexibility index (Phi) is 7.71. The van der Waals surface area contributed by atoms with Crippen molar-refractivity contribution < 1.29 is 0 Å². The molecule has 0 aromatic heterocycles. The Morgan fingerprint density at radius 2 is 0.516 bits per heavy atom. The first-order chi connectivity index (χ1) is 30.8. The fourth-order valence-electron chi connectivity index (χ4n) is 10.8. The van der Waals surface area contributed by atoms with Gasteiger partial charge in [0.1, 0.15) is 0 Å². The van der Waals surface area contributed by atoms with Crippen LogP contribution in [0.3, 0.4) is 0 Å². The second-order valence-electron chi connectivity index (χ2n) is 16.6. The van der Waals surface area contributed by atoms with Gasteiger partial charge in [-0.25, -0.2) is 0 Å². The van der Waals surface area contributed by atoms with E-state index in [4.69, 9.17) is 0 Å². The van der Waals surface area contributed by atoms with Crippen molar-refractivity contribution in [1.29, 1.82) is 0 Å². The van der Waals surface area contributed by atoms with Crippen LogP contribution < -0.4 is 0 Å². The van der Waals surface area contributed by atoms with Crippen LogP contribution in [0.2, 0.25) is 0 Å². The molecule has 0 heterocycles. The summed E-state index contributed by atoms with van der Waals surface area (Å²) < 4.78 is 0. The predicted molar refractivity (Wildman–Crippen MR) is 268 cm³/mol. The molecule has 0 heteroatoms. The monoisotopic (exact) mass is 782 g/mol. The summed E-state index contributed by atoms with van der Waals surface area (Å²) in [6.45, 7) is 0. The van der Waals surface area contributed by atoms with E-state index in [-0.39, 0.29) is 0 Å². The van der Waals surface area contributed by atoms with Crippen LogP contribution in [0, 0.1) is 0 Å². The lowest BCUT2D eigenvalue weighted by Gasteiger charge is -2.22. The van der Waals surface area contributed by atoms with Gasteiger partial charge in [0.15, 0.2) is 0 Å². The van der Waals surface area contributed by atoms with Crippen molar-refractivity contribution in [2.45, 2.75) is 0 Å². The SMILES string of the molecule is c1ccc(-c2c3ccccc3c(-c3cc4cc(-c5c6ccccc6c(-c6ccc7ccccc7c6)c6ccccc56)c5ccccc5c4c4ccccc34)c3ccccc23)cc1. The molecular weight excluding hydrogens is 745 g/mol. The third kappa shape index (κ3) is 5.14. The number of hydrogen-bond acceptors (Lipinski definition) is 0. The predicted octanol–water partition coefficient (Wildman–Crippen LogP) is 17.6. The summed E-state index contributed by atoms with van der Waals surface area (Å²) in [5, 5.41) is 20.2. The number of rotatable bonds is 4. The van der Waals surface area contributed by atoms with Gasteiger partial charge in [-0.05, 0) is 149 Å². The van der Waals surface area contributed by atoms with Crippen molar-refractivity contribution in [3.05, 3.63) is 231 Å². The Balaban J connectivity index is 1.16. The van der Waals surface area contributed by atoms with Crippen LogP contribution in [0.5, 0.6) is 0 Å². The van der Waals surface area contributed by atoms with E-state index >= 15 is 0 Å². The second kappa shape index (κ2) is 13.7. The lowest BCUT2D eigenvalue weighted by molar-refractivity contribution is 1.67. The minimum absolute atomic E-state index is 1.23. The van der Waals surface area contributed by atoms with Gasteiger partial charge in [0.25, 0.3) is 0 Å². The fraction of sp³-hybridized carbons (Fsp3) is 0. The van der Waals surface area contributed by atoms with Crippen LogP contribution >= 0.6 is 0 Å². The van der Waals surface area contributed by atoms with Gasteiger partial charge >= 0.3 is 0 Å². The van der Waals surface area contributed by atoms with E-state index in [1.54, 1.807) is 0 Å². The highest BCUT2D eigenvalue weighted by molar-refractivity contribution is 6.32. The third-order valence-corrected chi connectivity index (χ3v) is 13.4. The first kappa shape index (κ1) is 34.8. The highest BCUT2D eigenvalue weighted by Gasteiger charge is 2.23. The molecule has 13 aromatic rings. The molecule has 0 saturated heterocycles. The van der Waals surface area contributed by atoms with Crippen molar-refractivity contribution >= 4 is 86.2 Å². The normalized spacial score (nSPS) is 11.9. The standard InChI is InChI=1S/C62H38/c1-2-19-40(20-3-1)58-48-26-10-14-30-52(48)61(53-31-15-11-27-49(53)58)56-37-43-38-57(45-23-7-9-25-47(45)60(43)46-24-8-6-22-44(46)56)62-54-32-16-12-28-50(54)59(51-29-13-17-33-55(51)62)42-35-34-39-18-4-5-21-41(39)36-42/h1-38H. The summed E-state index contributed by atoms with van der Waals surface area (Å²) in [7, 11) is 0. The lowest BCUT2D eigenvalue weighted by atomic mass is 9.81. The van der Waals surface area contributed by atoms with Crippen LogP contribution in [0.1, 0.15) is 0 Å². The topological polar surface area (TPSA) is 0 Å². The molecule has 0 aliphatic heterocycles.